The summed E-state index contributed by atoms with van der Waals surface area (Å²) in [5, 5.41) is 7.59. The smallest absolute Gasteiger partial charge is 0.217 e. The maximum absolute atomic E-state index is 5.19. The molecule has 1 aromatic rings. The van der Waals surface area contributed by atoms with Crippen LogP contribution in [0.25, 0.3) is 0 Å². The minimum Gasteiger partial charge on any atom is -0.426 e. The molecule has 0 saturated carbocycles. The predicted molar refractivity (Wildman–Crippen MR) is 42.1 cm³/mol. The number of hydrogen-bond donors (Lipinski definition) is 0. The number of hydrogen-bond acceptors (Lipinski definition) is 3. The van der Waals surface area contributed by atoms with Crippen LogP contribution in [0, 0.1) is 12.8 Å². The minimum atomic E-state index is 0.398. The summed E-state index contributed by atoms with van der Waals surface area (Å²) in [6.07, 6.45) is 2.66. The minimum absolute atomic E-state index is 0.398. The van der Waals surface area contributed by atoms with Gasteiger partial charge in [0.1, 0.15) is 0 Å². The quantitative estimate of drug-likeness (QED) is 0.619. The molecule has 0 aliphatic rings. The van der Waals surface area contributed by atoms with E-state index in [1.807, 2.05) is 6.08 Å². The van der Waals surface area contributed by atoms with E-state index in [0.29, 0.717) is 17.7 Å². The number of nitrogens with zero attached hydrogens (tertiary/aromatic N) is 2. The van der Waals surface area contributed by atoms with Gasteiger partial charge < -0.3 is 4.42 Å². The van der Waals surface area contributed by atoms with Crippen LogP contribution < -0.4 is 0 Å². The van der Waals surface area contributed by atoms with Gasteiger partial charge >= 0.3 is 0 Å². The molecule has 1 atom stereocenters. The SMILES string of the molecule is C=CC(C)Cc1nnc(C)o1. The monoisotopic (exact) mass is 152 g/mol. The van der Waals surface area contributed by atoms with Crippen molar-refractivity contribution in [1.82, 2.24) is 10.2 Å². The molecule has 0 saturated heterocycles. The van der Waals surface area contributed by atoms with Crippen molar-refractivity contribution in [3.63, 3.8) is 0 Å². The van der Waals surface area contributed by atoms with E-state index in [0.717, 1.165) is 6.42 Å². The molecule has 0 aliphatic heterocycles. The molecule has 60 valence electrons. The summed E-state index contributed by atoms with van der Waals surface area (Å²) in [6, 6.07) is 0. The Labute approximate surface area is 66.1 Å². The number of rotatable bonds is 3. The Morgan fingerprint density at radius 3 is 2.82 bits per heavy atom. The third kappa shape index (κ3) is 2.18. The normalized spacial score (nSPS) is 12.9. The molecule has 3 heteroatoms. The van der Waals surface area contributed by atoms with Gasteiger partial charge in [-0.1, -0.05) is 13.0 Å². The van der Waals surface area contributed by atoms with Crippen molar-refractivity contribution in [2.24, 2.45) is 5.92 Å². The molecular formula is C8H12N2O. The summed E-state index contributed by atoms with van der Waals surface area (Å²) in [5.41, 5.74) is 0. The van der Waals surface area contributed by atoms with Crippen LogP contribution in [-0.2, 0) is 6.42 Å². The third-order valence-electron chi connectivity index (χ3n) is 1.47. The lowest BCUT2D eigenvalue weighted by Gasteiger charge is -1.98. The van der Waals surface area contributed by atoms with Crippen LogP contribution in [0.4, 0.5) is 0 Å². The fourth-order valence-corrected chi connectivity index (χ4v) is 0.779. The van der Waals surface area contributed by atoms with Gasteiger partial charge in [-0.3, -0.25) is 0 Å². The first kappa shape index (κ1) is 7.98. The molecule has 1 unspecified atom stereocenters. The van der Waals surface area contributed by atoms with Crippen molar-refractivity contribution in [2.75, 3.05) is 0 Å². The number of aryl methyl sites for hydroxylation is 1. The summed E-state index contributed by atoms with van der Waals surface area (Å²) in [7, 11) is 0. The molecule has 0 N–H and O–H groups in total. The average molecular weight is 152 g/mol. The van der Waals surface area contributed by atoms with Gasteiger partial charge in [0, 0.05) is 13.3 Å². The van der Waals surface area contributed by atoms with E-state index in [2.05, 4.69) is 23.7 Å². The van der Waals surface area contributed by atoms with Crippen molar-refractivity contribution >= 4 is 0 Å². The van der Waals surface area contributed by atoms with Gasteiger partial charge in [-0.2, -0.15) is 0 Å². The van der Waals surface area contributed by atoms with Crippen LogP contribution in [0.5, 0.6) is 0 Å². The fourth-order valence-electron chi connectivity index (χ4n) is 0.779. The number of aromatic nitrogens is 2. The highest BCUT2D eigenvalue weighted by molar-refractivity contribution is 4.86. The second-order valence-corrected chi connectivity index (χ2v) is 2.63. The molecule has 1 heterocycles. The highest BCUT2D eigenvalue weighted by Crippen LogP contribution is 2.06. The second kappa shape index (κ2) is 3.32. The lowest BCUT2D eigenvalue weighted by Crippen LogP contribution is -1.95. The largest absolute Gasteiger partial charge is 0.426 e. The van der Waals surface area contributed by atoms with Crippen molar-refractivity contribution in [2.45, 2.75) is 20.3 Å². The zero-order valence-electron chi connectivity index (χ0n) is 6.87. The van der Waals surface area contributed by atoms with Gasteiger partial charge in [-0.05, 0) is 5.92 Å². The summed E-state index contributed by atoms with van der Waals surface area (Å²) < 4.78 is 5.19. The fraction of sp³-hybridized carbons (Fsp3) is 0.500. The maximum Gasteiger partial charge on any atom is 0.217 e. The van der Waals surface area contributed by atoms with E-state index >= 15 is 0 Å². The highest BCUT2D eigenvalue weighted by Gasteiger charge is 2.04. The summed E-state index contributed by atoms with van der Waals surface area (Å²) >= 11 is 0. The molecule has 3 nitrogen and oxygen atoms in total. The second-order valence-electron chi connectivity index (χ2n) is 2.63. The molecule has 0 radical (unpaired) electrons. The highest BCUT2D eigenvalue weighted by atomic mass is 16.4. The molecule has 0 bridgehead atoms. The third-order valence-corrected chi connectivity index (χ3v) is 1.47. The van der Waals surface area contributed by atoms with Gasteiger partial charge in [-0.15, -0.1) is 16.8 Å². The summed E-state index contributed by atoms with van der Waals surface area (Å²) in [5.74, 6) is 1.71. The van der Waals surface area contributed by atoms with E-state index in [-0.39, 0.29) is 0 Å². The Morgan fingerprint density at radius 2 is 2.36 bits per heavy atom. The molecule has 1 aromatic heterocycles. The maximum atomic E-state index is 5.19. The van der Waals surface area contributed by atoms with Gasteiger partial charge in [0.2, 0.25) is 11.8 Å². The first-order valence-corrected chi connectivity index (χ1v) is 3.64. The van der Waals surface area contributed by atoms with Gasteiger partial charge in [-0.25, -0.2) is 0 Å². The molecule has 0 fully saturated rings. The van der Waals surface area contributed by atoms with Gasteiger partial charge in [0.05, 0.1) is 0 Å². The Balaban J connectivity index is 2.57. The van der Waals surface area contributed by atoms with Crippen molar-refractivity contribution < 1.29 is 4.42 Å². The zero-order chi connectivity index (χ0) is 8.27. The molecule has 0 amide bonds. The topological polar surface area (TPSA) is 38.9 Å². The summed E-state index contributed by atoms with van der Waals surface area (Å²) in [6.45, 7) is 7.52. The molecule has 0 spiro atoms. The van der Waals surface area contributed by atoms with E-state index in [4.69, 9.17) is 4.42 Å². The van der Waals surface area contributed by atoms with Crippen LogP contribution in [0.2, 0.25) is 0 Å². The van der Waals surface area contributed by atoms with E-state index in [9.17, 15) is 0 Å². The molecule has 11 heavy (non-hydrogen) atoms. The first-order valence-electron chi connectivity index (χ1n) is 3.64. The van der Waals surface area contributed by atoms with Crippen LogP contribution in [0.3, 0.4) is 0 Å². The first-order chi connectivity index (χ1) is 5.22. The Bertz CT molecular complexity index is 242. The Kier molecular flexibility index (Phi) is 2.41. The van der Waals surface area contributed by atoms with Crippen molar-refractivity contribution in [3.8, 4) is 0 Å². The zero-order valence-corrected chi connectivity index (χ0v) is 6.87. The Hall–Kier alpha value is -1.12. The van der Waals surface area contributed by atoms with Gasteiger partial charge in [0.15, 0.2) is 0 Å². The standard InChI is InChI=1S/C8H12N2O/c1-4-6(2)5-8-10-9-7(3)11-8/h4,6H,1,5H2,2-3H3. The molecular weight excluding hydrogens is 140 g/mol. The van der Waals surface area contributed by atoms with Crippen molar-refractivity contribution in [1.29, 1.82) is 0 Å². The van der Waals surface area contributed by atoms with Crippen LogP contribution in [0.15, 0.2) is 17.1 Å². The molecule has 1 rings (SSSR count). The van der Waals surface area contributed by atoms with E-state index < -0.39 is 0 Å². The van der Waals surface area contributed by atoms with Crippen molar-refractivity contribution in [3.05, 3.63) is 24.4 Å². The van der Waals surface area contributed by atoms with Gasteiger partial charge in [0.25, 0.3) is 0 Å². The predicted octanol–water partition coefficient (Wildman–Crippen LogP) is 1.74. The van der Waals surface area contributed by atoms with E-state index in [1.165, 1.54) is 0 Å². The Morgan fingerprint density at radius 1 is 1.64 bits per heavy atom. The number of allylic oxidation sites excluding steroid dienone is 1. The summed E-state index contributed by atoms with van der Waals surface area (Å²) in [4.78, 5) is 0. The van der Waals surface area contributed by atoms with Crippen LogP contribution in [-0.4, -0.2) is 10.2 Å². The van der Waals surface area contributed by atoms with Crippen LogP contribution in [0.1, 0.15) is 18.7 Å². The van der Waals surface area contributed by atoms with Crippen LogP contribution >= 0.6 is 0 Å². The molecule has 0 aliphatic carbocycles. The lowest BCUT2D eigenvalue weighted by atomic mass is 10.1. The van der Waals surface area contributed by atoms with E-state index in [1.54, 1.807) is 6.92 Å². The molecule has 0 aromatic carbocycles. The average Bonchev–Trinajstić information content (AvgIpc) is 2.35. The lowest BCUT2D eigenvalue weighted by molar-refractivity contribution is 0.449.